The Morgan fingerprint density at radius 1 is 1.12 bits per heavy atom. The van der Waals surface area contributed by atoms with Gasteiger partial charge in [-0.2, -0.15) is 0 Å². The van der Waals surface area contributed by atoms with E-state index in [0.717, 1.165) is 16.0 Å². The zero-order valence-electron chi connectivity index (χ0n) is 13.9. The molecule has 0 bridgehead atoms. The second-order valence-corrected chi connectivity index (χ2v) is 6.46. The third-order valence-electron chi connectivity index (χ3n) is 4.18. The maximum Gasteiger partial charge on any atom is 0.262 e. The van der Waals surface area contributed by atoms with E-state index in [1.165, 1.54) is 0 Å². The monoisotopic (exact) mass is 356 g/mol. The van der Waals surface area contributed by atoms with Crippen LogP contribution in [0.2, 0.25) is 5.02 Å². The van der Waals surface area contributed by atoms with Crippen molar-refractivity contribution in [2.45, 2.75) is 19.9 Å². The van der Waals surface area contributed by atoms with E-state index in [2.05, 4.69) is 5.32 Å². The molecule has 0 saturated carbocycles. The van der Waals surface area contributed by atoms with Crippen LogP contribution < -0.4 is 5.32 Å². The molecule has 0 spiro atoms. The highest BCUT2D eigenvalue weighted by Gasteiger charge is 2.36. The number of benzene rings is 2. The molecule has 1 unspecified atom stereocenters. The van der Waals surface area contributed by atoms with Gasteiger partial charge in [0.2, 0.25) is 5.91 Å². The largest absolute Gasteiger partial charge is 0.348 e. The highest BCUT2D eigenvalue weighted by molar-refractivity contribution is 6.31. The van der Waals surface area contributed by atoms with Gasteiger partial charge in [-0.05, 0) is 37.6 Å². The summed E-state index contributed by atoms with van der Waals surface area (Å²) in [6.45, 7) is 3.32. The molecule has 2 aromatic carbocycles. The van der Waals surface area contributed by atoms with Crippen molar-refractivity contribution in [3.63, 3.8) is 0 Å². The molecule has 3 rings (SSSR count). The van der Waals surface area contributed by atoms with Gasteiger partial charge < -0.3 is 5.32 Å². The summed E-state index contributed by atoms with van der Waals surface area (Å²) in [6, 6.07) is 11.9. The molecular weight excluding hydrogens is 340 g/mol. The Morgan fingerprint density at radius 3 is 2.52 bits per heavy atom. The van der Waals surface area contributed by atoms with Crippen LogP contribution in [0.15, 0.2) is 42.5 Å². The number of halogens is 1. The Hall–Kier alpha value is -2.66. The molecule has 1 heterocycles. The third-order valence-corrected chi connectivity index (χ3v) is 4.52. The Labute approximate surface area is 150 Å². The second-order valence-electron chi connectivity index (χ2n) is 6.06. The van der Waals surface area contributed by atoms with E-state index in [9.17, 15) is 14.4 Å². The second kappa shape index (κ2) is 6.69. The van der Waals surface area contributed by atoms with Crippen LogP contribution >= 0.6 is 11.6 Å². The zero-order valence-corrected chi connectivity index (χ0v) is 14.6. The van der Waals surface area contributed by atoms with Gasteiger partial charge in [0, 0.05) is 5.02 Å². The molecule has 1 atom stereocenters. The molecule has 1 aliphatic heterocycles. The number of fused-ring (bicyclic) bond motifs is 1. The smallest absolute Gasteiger partial charge is 0.262 e. The summed E-state index contributed by atoms with van der Waals surface area (Å²) >= 11 is 6.12. The molecule has 0 aromatic heterocycles. The van der Waals surface area contributed by atoms with Crippen LogP contribution in [0.3, 0.4) is 0 Å². The molecule has 6 heteroatoms. The van der Waals surface area contributed by atoms with Crippen LogP contribution in [-0.2, 0) is 4.79 Å². The van der Waals surface area contributed by atoms with Gasteiger partial charge in [0.15, 0.2) is 0 Å². The molecule has 0 aliphatic carbocycles. The van der Waals surface area contributed by atoms with Gasteiger partial charge in [0.05, 0.1) is 17.2 Å². The first-order valence-corrected chi connectivity index (χ1v) is 8.27. The minimum Gasteiger partial charge on any atom is -0.348 e. The Bertz CT molecular complexity index is 879. The number of nitrogens with zero attached hydrogens (tertiary/aromatic N) is 1. The number of hydrogen-bond donors (Lipinski definition) is 1. The standard InChI is InChI=1S/C19H17ClN2O3/c1-11-7-8-14-15(9-11)19(25)22(18(14)24)10-17(23)21-12(2)13-5-3-4-6-16(13)20/h3-9,12H,10H2,1-2H3,(H,21,23). The van der Waals surface area contributed by atoms with E-state index in [1.54, 1.807) is 37.3 Å². The molecule has 0 fully saturated rings. The SMILES string of the molecule is Cc1ccc2c(c1)C(=O)N(CC(=O)NC(C)c1ccccc1Cl)C2=O. The minimum atomic E-state index is -0.444. The number of imide groups is 1. The summed E-state index contributed by atoms with van der Waals surface area (Å²) in [5.41, 5.74) is 2.34. The number of carbonyl (C=O) groups excluding carboxylic acids is 3. The van der Waals surface area contributed by atoms with Crippen molar-refractivity contribution in [2.75, 3.05) is 6.54 Å². The first kappa shape index (κ1) is 17.2. The van der Waals surface area contributed by atoms with Gasteiger partial charge in [-0.1, -0.05) is 41.4 Å². The molecule has 0 saturated heterocycles. The fourth-order valence-electron chi connectivity index (χ4n) is 2.88. The Kier molecular flexibility index (Phi) is 4.59. The van der Waals surface area contributed by atoms with Crippen LogP contribution in [0.4, 0.5) is 0 Å². The van der Waals surface area contributed by atoms with Crippen LogP contribution in [0.25, 0.3) is 0 Å². The van der Waals surface area contributed by atoms with Crippen molar-refractivity contribution in [3.8, 4) is 0 Å². The summed E-state index contributed by atoms with van der Waals surface area (Å²) in [6.07, 6.45) is 0. The lowest BCUT2D eigenvalue weighted by molar-refractivity contribution is -0.122. The fraction of sp³-hybridized carbons (Fsp3) is 0.211. The van der Waals surface area contributed by atoms with Gasteiger partial charge in [-0.15, -0.1) is 0 Å². The Morgan fingerprint density at radius 2 is 1.80 bits per heavy atom. The molecule has 3 amide bonds. The summed E-state index contributed by atoms with van der Waals surface area (Å²) in [7, 11) is 0. The molecule has 0 radical (unpaired) electrons. The maximum absolute atomic E-state index is 12.4. The summed E-state index contributed by atoms with van der Waals surface area (Å²) in [4.78, 5) is 38.1. The average molecular weight is 357 g/mol. The van der Waals surface area contributed by atoms with Crippen molar-refractivity contribution >= 4 is 29.3 Å². The number of nitrogens with one attached hydrogen (secondary N) is 1. The van der Waals surface area contributed by atoms with Crippen molar-refractivity contribution in [3.05, 3.63) is 69.7 Å². The van der Waals surface area contributed by atoms with Crippen molar-refractivity contribution in [2.24, 2.45) is 0 Å². The quantitative estimate of drug-likeness (QED) is 0.856. The topological polar surface area (TPSA) is 66.5 Å². The van der Waals surface area contributed by atoms with Crippen molar-refractivity contribution in [1.29, 1.82) is 0 Å². The molecule has 128 valence electrons. The van der Waals surface area contributed by atoms with E-state index in [1.807, 2.05) is 19.1 Å². The van der Waals surface area contributed by atoms with E-state index >= 15 is 0 Å². The lowest BCUT2D eigenvalue weighted by Gasteiger charge is -2.18. The summed E-state index contributed by atoms with van der Waals surface area (Å²) in [5.74, 6) is -1.30. The molecule has 2 aromatic rings. The van der Waals surface area contributed by atoms with E-state index in [0.29, 0.717) is 16.1 Å². The first-order valence-electron chi connectivity index (χ1n) is 7.89. The molecular formula is C19H17ClN2O3. The van der Waals surface area contributed by atoms with E-state index < -0.39 is 17.7 Å². The predicted octanol–water partition coefficient (Wildman–Crippen LogP) is 3.12. The van der Waals surface area contributed by atoms with Gasteiger partial charge in [0.1, 0.15) is 6.54 Å². The molecule has 1 aliphatic rings. The van der Waals surface area contributed by atoms with Crippen molar-refractivity contribution in [1.82, 2.24) is 10.2 Å². The number of aryl methyl sites for hydroxylation is 1. The highest BCUT2D eigenvalue weighted by Crippen LogP contribution is 2.24. The average Bonchev–Trinajstić information content (AvgIpc) is 2.79. The lowest BCUT2D eigenvalue weighted by Crippen LogP contribution is -2.41. The number of rotatable bonds is 4. The lowest BCUT2D eigenvalue weighted by atomic mass is 10.1. The van der Waals surface area contributed by atoms with Gasteiger partial charge >= 0.3 is 0 Å². The Balaban J connectivity index is 1.71. The summed E-state index contributed by atoms with van der Waals surface area (Å²) in [5, 5.41) is 3.32. The van der Waals surface area contributed by atoms with Crippen molar-refractivity contribution < 1.29 is 14.4 Å². The van der Waals surface area contributed by atoms with Gasteiger partial charge in [-0.25, -0.2) is 0 Å². The van der Waals surface area contributed by atoms with Crippen LogP contribution in [0.1, 0.15) is 44.8 Å². The van der Waals surface area contributed by atoms with Gasteiger partial charge in [0.25, 0.3) is 11.8 Å². The normalized spacial score (nSPS) is 14.4. The maximum atomic E-state index is 12.4. The molecule has 25 heavy (non-hydrogen) atoms. The summed E-state index contributed by atoms with van der Waals surface area (Å²) < 4.78 is 0. The zero-order chi connectivity index (χ0) is 18.1. The number of hydrogen-bond acceptors (Lipinski definition) is 3. The third kappa shape index (κ3) is 3.28. The number of carbonyl (C=O) groups is 3. The van der Waals surface area contributed by atoms with E-state index in [4.69, 9.17) is 11.6 Å². The van der Waals surface area contributed by atoms with E-state index in [-0.39, 0.29) is 12.6 Å². The first-order chi connectivity index (χ1) is 11.9. The highest BCUT2D eigenvalue weighted by atomic mass is 35.5. The van der Waals surface area contributed by atoms with Crippen LogP contribution in [0.5, 0.6) is 0 Å². The number of amides is 3. The van der Waals surface area contributed by atoms with Gasteiger partial charge in [-0.3, -0.25) is 19.3 Å². The minimum absolute atomic E-state index is 0.319. The van der Waals surface area contributed by atoms with Crippen LogP contribution in [-0.4, -0.2) is 29.2 Å². The van der Waals surface area contributed by atoms with Crippen LogP contribution in [0, 0.1) is 6.92 Å². The molecule has 1 N–H and O–H groups in total. The molecule has 5 nitrogen and oxygen atoms in total. The fourth-order valence-corrected chi connectivity index (χ4v) is 3.18. The predicted molar refractivity (Wildman–Crippen MR) is 94.6 cm³/mol.